The van der Waals surface area contributed by atoms with Crippen LogP contribution in [0.4, 0.5) is 0 Å². The molecule has 1 saturated carbocycles. The van der Waals surface area contributed by atoms with E-state index >= 15 is 0 Å². The molecule has 0 spiro atoms. The second kappa shape index (κ2) is 4.70. The number of carboxylic acid groups (broad SMARTS) is 1. The average molecular weight is 223 g/mol. The Hall–Kier alpha value is -1.29. The van der Waals surface area contributed by atoms with Crippen LogP contribution in [-0.2, 0) is 11.3 Å². The first kappa shape index (κ1) is 11.2. The van der Waals surface area contributed by atoms with Crippen LogP contribution in [0.25, 0.3) is 0 Å². The zero-order chi connectivity index (χ0) is 11.5. The van der Waals surface area contributed by atoms with Crippen molar-refractivity contribution in [1.82, 2.24) is 4.90 Å². The van der Waals surface area contributed by atoms with Gasteiger partial charge in [-0.1, -0.05) is 6.42 Å². The van der Waals surface area contributed by atoms with Gasteiger partial charge in [0.1, 0.15) is 0 Å². The van der Waals surface area contributed by atoms with Crippen molar-refractivity contribution in [2.75, 3.05) is 7.05 Å². The van der Waals surface area contributed by atoms with Crippen LogP contribution in [0.5, 0.6) is 0 Å². The van der Waals surface area contributed by atoms with E-state index in [1.54, 1.807) is 12.5 Å². The molecule has 4 nitrogen and oxygen atoms in total. The molecule has 1 aliphatic rings. The minimum atomic E-state index is -0.665. The number of rotatable bonds is 4. The Balaban J connectivity index is 1.98. The highest BCUT2D eigenvalue weighted by Gasteiger charge is 2.35. The molecule has 0 amide bonds. The number of hydrogen-bond acceptors (Lipinski definition) is 3. The fourth-order valence-corrected chi connectivity index (χ4v) is 2.54. The SMILES string of the molecule is CN(Cc1ccoc1)C1CCCC1C(=O)O. The molecule has 4 heteroatoms. The lowest BCUT2D eigenvalue weighted by Crippen LogP contribution is -2.37. The molecule has 1 fully saturated rings. The maximum Gasteiger partial charge on any atom is 0.308 e. The topological polar surface area (TPSA) is 53.7 Å². The van der Waals surface area contributed by atoms with Gasteiger partial charge in [0, 0.05) is 18.2 Å². The van der Waals surface area contributed by atoms with Crippen molar-refractivity contribution >= 4 is 5.97 Å². The molecule has 1 aromatic heterocycles. The van der Waals surface area contributed by atoms with Crippen molar-refractivity contribution in [2.24, 2.45) is 5.92 Å². The lowest BCUT2D eigenvalue weighted by Gasteiger charge is -2.27. The zero-order valence-corrected chi connectivity index (χ0v) is 9.43. The van der Waals surface area contributed by atoms with Gasteiger partial charge >= 0.3 is 5.97 Å². The van der Waals surface area contributed by atoms with Crippen molar-refractivity contribution in [3.63, 3.8) is 0 Å². The smallest absolute Gasteiger partial charge is 0.308 e. The number of hydrogen-bond donors (Lipinski definition) is 1. The van der Waals surface area contributed by atoms with Crippen LogP contribution in [0.15, 0.2) is 23.0 Å². The van der Waals surface area contributed by atoms with Gasteiger partial charge in [-0.2, -0.15) is 0 Å². The van der Waals surface area contributed by atoms with E-state index in [0.29, 0.717) is 0 Å². The summed E-state index contributed by atoms with van der Waals surface area (Å²) in [6.45, 7) is 0.755. The van der Waals surface area contributed by atoms with Crippen molar-refractivity contribution in [2.45, 2.75) is 31.8 Å². The largest absolute Gasteiger partial charge is 0.481 e. The number of nitrogens with zero attached hydrogens (tertiary/aromatic N) is 1. The van der Waals surface area contributed by atoms with Crippen LogP contribution in [0.3, 0.4) is 0 Å². The Morgan fingerprint density at radius 2 is 2.44 bits per heavy atom. The molecule has 0 aromatic carbocycles. The van der Waals surface area contributed by atoms with E-state index in [1.807, 2.05) is 13.1 Å². The third-order valence-corrected chi connectivity index (χ3v) is 3.37. The first-order chi connectivity index (χ1) is 7.68. The molecule has 0 radical (unpaired) electrons. The molecule has 16 heavy (non-hydrogen) atoms. The zero-order valence-electron chi connectivity index (χ0n) is 9.43. The molecule has 2 atom stereocenters. The Morgan fingerprint density at radius 1 is 1.62 bits per heavy atom. The molecular weight excluding hydrogens is 206 g/mol. The third-order valence-electron chi connectivity index (χ3n) is 3.37. The van der Waals surface area contributed by atoms with E-state index in [-0.39, 0.29) is 12.0 Å². The summed E-state index contributed by atoms with van der Waals surface area (Å²) in [5, 5.41) is 9.11. The van der Waals surface area contributed by atoms with Crippen LogP contribution in [0, 0.1) is 5.92 Å². The van der Waals surface area contributed by atoms with E-state index in [0.717, 1.165) is 31.4 Å². The quantitative estimate of drug-likeness (QED) is 0.847. The highest BCUT2D eigenvalue weighted by Crippen LogP contribution is 2.30. The van der Waals surface area contributed by atoms with E-state index < -0.39 is 5.97 Å². The molecule has 1 N–H and O–H groups in total. The van der Waals surface area contributed by atoms with Gasteiger partial charge in [0.2, 0.25) is 0 Å². The first-order valence-corrected chi connectivity index (χ1v) is 5.62. The molecule has 88 valence electrons. The second-order valence-electron chi connectivity index (χ2n) is 4.49. The minimum absolute atomic E-state index is 0.160. The summed E-state index contributed by atoms with van der Waals surface area (Å²) in [5.41, 5.74) is 1.10. The van der Waals surface area contributed by atoms with E-state index in [9.17, 15) is 4.79 Å². The van der Waals surface area contributed by atoms with Gasteiger partial charge in [-0.3, -0.25) is 9.69 Å². The van der Waals surface area contributed by atoms with Crippen molar-refractivity contribution < 1.29 is 14.3 Å². The summed E-state index contributed by atoms with van der Waals surface area (Å²) in [4.78, 5) is 13.2. The summed E-state index contributed by atoms with van der Waals surface area (Å²) in [5.74, 6) is -0.876. The summed E-state index contributed by atoms with van der Waals surface area (Å²) >= 11 is 0. The van der Waals surface area contributed by atoms with Gasteiger partial charge in [-0.15, -0.1) is 0 Å². The predicted octanol–water partition coefficient (Wildman–Crippen LogP) is 1.96. The van der Waals surface area contributed by atoms with Gasteiger partial charge in [0.15, 0.2) is 0 Å². The second-order valence-corrected chi connectivity index (χ2v) is 4.49. The van der Waals surface area contributed by atoms with E-state index in [1.165, 1.54) is 0 Å². The number of carbonyl (C=O) groups is 1. The summed E-state index contributed by atoms with van der Waals surface area (Å²) in [7, 11) is 1.99. The van der Waals surface area contributed by atoms with Crippen LogP contribution < -0.4 is 0 Å². The molecule has 2 rings (SSSR count). The fourth-order valence-electron chi connectivity index (χ4n) is 2.54. The van der Waals surface area contributed by atoms with Gasteiger partial charge in [0.25, 0.3) is 0 Å². The Morgan fingerprint density at radius 3 is 3.06 bits per heavy atom. The minimum Gasteiger partial charge on any atom is -0.481 e. The monoisotopic (exact) mass is 223 g/mol. The molecule has 1 aromatic rings. The average Bonchev–Trinajstić information content (AvgIpc) is 2.86. The van der Waals surface area contributed by atoms with Crippen LogP contribution in [-0.4, -0.2) is 29.1 Å². The van der Waals surface area contributed by atoms with Crippen LogP contribution in [0.1, 0.15) is 24.8 Å². The summed E-state index contributed by atoms with van der Waals surface area (Å²) in [6.07, 6.45) is 6.14. The van der Waals surface area contributed by atoms with Crippen molar-refractivity contribution in [3.05, 3.63) is 24.2 Å². The molecule has 2 unspecified atom stereocenters. The Labute approximate surface area is 94.9 Å². The van der Waals surface area contributed by atoms with Gasteiger partial charge in [-0.05, 0) is 26.0 Å². The van der Waals surface area contributed by atoms with E-state index in [2.05, 4.69) is 4.90 Å². The lowest BCUT2D eigenvalue weighted by atomic mass is 10.0. The fraction of sp³-hybridized carbons (Fsp3) is 0.583. The van der Waals surface area contributed by atoms with Crippen LogP contribution >= 0.6 is 0 Å². The maximum absolute atomic E-state index is 11.1. The molecule has 0 bridgehead atoms. The number of furan rings is 1. The number of aliphatic carboxylic acids is 1. The van der Waals surface area contributed by atoms with Gasteiger partial charge in [-0.25, -0.2) is 0 Å². The highest BCUT2D eigenvalue weighted by molar-refractivity contribution is 5.71. The summed E-state index contributed by atoms with van der Waals surface area (Å²) in [6, 6.07) is 2.08. The normalized spacial score (nSPS) is 25.1. The third kappa shape index (κ3) is 2.27. The molecule has 0 aliphatic heterocycles. The Bertz CT molecular complexity index is 347. The van der Waals surface area contributed by atoms with Gasteiger partial charge < -0.3 is 9.52 Å². The van der Waals surface area contributed by atoms with Gasteiger partial charge in [0.05, 0.1) is 18.4 Å². The van der Waals surface area contributed by atoms with E-state index in [4.69, 9.17) is 9.52 Å². The standard InChI is InChI=1S/C12H17NO3/c1-13(7-9-5-6-16-8-9)11-4-2-3-10(11)12(14)15/h5-6,8,10-11H,2-4,7H2,1H3,(H,14,15). The molecular formula is C12H17NO3. The Kier molecular flexibility index (Phi) is 3.29. The number of carboxylic acids is 1. The molecule has 1 aliphatic carbocycles. The van der Waals surface area contributed by atoms with Crippen LogP contribution in [0.2, 0.25) is 0 Å². The van der Waals surface area contributed by atoms with Crippen molar-refractivity contribution in [1.29, 1.82) is 0 Å². The summed E-state index contributed by atoms with van der Waals surface area (Å²) < 4.78 is 5.01. The molecule has 0 saturated heterocycles. The highest BCUT2D eigenvalue weighted by atomic mass is 16.4. The first-order valence-electron chi connectivity index (χ1n) is 5.62. The molecule has 1 heterocycles. The maximum atomic E-state index is 11.1. The predicted molar refractivity (Wildman–Crippen MR) is 58.9 cm³/mol. The lowest BCUT2D eigenvalue weighted by molar-refractivity contribution is -0.143. The van der Waals surface area contributed by atoms with Crippen molar-refractivity contribution in [3.8, 4) is 0 Å².